The molecule has 0 spiro atoms. The van der Waals surface area contributed by atoms with Crippen LogP contribution < -0.4 is 5.32 Å². The quantitative estimate of drug-likeness (QED) is 0.483. The van der Waals surface area contributed by atoms with E-state index >= 15 is 0 Å². The Kier molecular flexibility index (Phi) is 7.15. The highest BCUT2D eigenvalue weighted by atomic mass is 35.5. The lowest BCUT2D eigenvalue weighted by atomic mass is 10.1. The van der Waals surface area contributed by atoms with Crippen molar-refractivity contribution in [3.8, 4) is 11.4 Å². The zero-order valence-corrected chi connectivity index (χ0v) is 23.8. The molecule has 0 aromatic carbocycles. The molecule has 4 bridgehead atoms. The van der Waals surface area contributed by atoms with Gasteiger partial charge in [0.15, 0.2) is 0 Å². The topological polar surface area (TPSA) is 115 Å². The van der Waals surface area contributed by atoms with Crippen LogP contribution in [-0.4, -0.2) is 92.4 Å². The van der Waals surface area contributed by atoms with Gasteiger partial charge in [0.25, 0.3) is 0 Å². The first-order chi connectivity index (χ1) is 18.4. The van der Waals surface area contributed by atoms with E-state index in [0.717, 1.165) is 16.9 Å². The molecule has 2 aliphatic heterocycles. The molecular weight excluding hydrogens is 522 g/mol. The second-order valence-electron chi connectivity index (χ2n) is 11.1. The van der Waals surface area contributed by atoms with E-state index < -0.39 is 17.7 Å². The number of nitrogens with one attached hydrogen (secondary N) is 1. The van der Waals surface area contributed by atoms with Gasteiger partial charge in [-0.2, -0.15) is 0 Å². The van der Waals surface area contributed by atoms with E-state index in [9.17, 15) is 9.59 Å². The summed E-state index contributed by atoms with van der Waals surface area (Å²) in [5, 5.41) is 3.86. The van der Waals surface area contributed by atoms with Crippen molar-refractivity contribution in [2.45, 2.75) is 64.4 Å². The number of amides is 2. The van der Waals surface area contributed by atoms with E-state index in [0.29, 0.717) is 41.7 Å². The highest BCUT2D eigenvalue weighted by molar-refractivity contribution is 6.33. The zero-order chi connectivity index (χ0) is 28.1. The van der Waals surface area contributed by atoms with Gasteiger partial charge in [0.1, 0.15) is 34.7 Å². The number of hydrogen-bond donors (Lipinski definition) is 1. The summed E-state index contributed by atoms with van der Waals surface area (Å²) >= 11 is 6.66. The summed E-state index contributed by atoms with van der Waals surface area (Å²) < 4.78 is 13.5. The Labute approximate surface area is 232 Å². The number of anilines is 1. The lowest BCUT2D eigenvalue weighted by Gasteiger charge is -2.31. The fourth-order valence-corrected chi connectivity index (χ4v) is 5.44. The van der Waals surface area contributed by atoms with Gasteiger partial charge in [-0.05, 0) is 52.3 Å². The summed E-state index contributed by atoms with van der Waals surface area (Å²) in [5.74, 6) is 1.16. The Balaban J connectivity index is 1.62. The molecule has 5 rings (SSSR count). The summed E-state index contributed by atoms with van der Waals surface area (Å²) in [4.78, 5) is 44.3. The number of hydrogen-bond acceptors (Lipinski definition) is 8. The van der Waals surface area contributed by atoms with Crippen LogP contribution >= 0.6 is 11.6 Å². The van der Waals surface area contributed by atoms with Crippen LogP contribution in [0.2, 0.25) is 5.02 Å². The third-order valence-corrected chi connectivity index (χ3v) is 7.36. The number of imidazole rings is 1. The number of likely N-dealkylation sites (N-methyl/N-ethyl adjacent to an activating group) is 1. The summed E-state index contributed by atoms with van der Waals surface area (Å²) in [7, 11) is 3.35. The van der Waals surface area contributed by atoms with Crippen LogP contribution in [0.25, 0.3) is 22.4 Å². The summed E-state index contributed by atoms with van der Waals surface area (Å²) in [6.45, 7) is 8.36. The number of halogens is 1. The molecule has 0 unspecified atom stereocenters. The molecule has 3 atom stereocenters. The first-order valence-corrected chi connectivity index (χ1v) is 13.4. The van der Waals surface area contributed by atoms with Crippen LogP contribution in [0, 0.1) is 6.92 Å². The number of pyridine rings is 2. The van der Waals surface area contributed by atoms with E-state index in [1.165, 1.54) is 4.90 Å². The second kappa shape index (κ2) is 10.3. The van der Waals surface area contributed by atoms with Crippen LogP contribution in [0.4, 0.5) is 10.6 Å². The van der Waals surface area contributed by atoms with Crippen molar-refractivity contribution in [3.05, 3.63) is 35.2 Å². The standard InChI is InChI=1S/C27H34ClN7O4/c1-15-30-19-9-10-29-23-22-18(28)7-8-21(32-22)31-16-11-20(35(12-16)26(37)39-27(2,3)4)25(36)33(5)13-17(38-6)14-34(15)24(19)23/h7-10,16-17,20H,11-14H2,1-6H3,(H,31,32)/t16-,17-,20-/m0/s1. The summed E-state index contributed by atoms with van der Waals surface area (Å²) in [6.07, 6.45) is 1.22. The number of carbonyl (C=O) groups is 2. The van der Waals surface area contributed by atoms with Crippen LogP contribution in [0.1, 0.15) is 33.0 Å². The summed E-state index contributed by atoms with van der Waals surface area (Å²) in [6, 6.07) is 4.48. The van der Waals surface area contributed by atoms with E-state index in [4.69, 9.17) is 31.0 Å². The van der Waals surface area contributed by atoms with Gasteiger partial charge in [-0.15, -0.1) is 0 Å². The van der Waals surface area contributed by atoms with Crippen molar-refractivity contribution >= 4 is 40.5 Å². The van der Waals surface area contributed by atoms with E-state index in [2.05, 4.69) is 10.3 Å². The Morgan fingerprint density at radius 3 is 2.62 bits per heavy atom. The van der Waals surface area contributed by atoms with Crippen LogP contribution in [0.5, 0.6) is 0 Å². The molecule has 3 aromatic rings. The van der Waals surface area contributed by atoms with E-state index in [-0.39, 0.29) is 24.6 Å². The van der Waals surface area contributed by atoms with E-state index in [1.54, 1.807) is 58.2 Å². The number of likely N-dealkylation sites (tertiary alicyclic amines) is 1. The molecule has 1 saturated heterocycles. The molecule has 208 valence electrons. The minimum absolute atomic E-state index is 0.179. The number of aromatic nitrogens is 4. The fraction of sp³-hybridized carbons (Fsp3) is 0.519. The van der Waals surface area contributed by atoms with Gasteiger partial charge in [0, 0.05) is 39.5 Å². The van der Waals surface area contributed by atoms with Gasteiger partial charge >= 0.3 is 6.09 Å². The number of ether oxygens (including phenoxy) is 2. The minimum atomic E-state index is -0.697. The average molecular weight is 556 g/mol. The fourth-order valence-electron chi connectivity index (χ4n) is 5.25. The van der Waals surface area contributed by atoms with Gasteiger partial charge in [0.2, 0.25) is 5.91 Å². The third-order valence-electron chi connectivity index (χ3n) is 7.06. The summed E-state index contributed by atoms with van der Waals surface area (Å²) in [5.41, 5.74) is 2.00. The average Bonchev–Trinajstić information content (AvgIpc) is 3.43. The molecule has 11 nitrogen and oxygen atoms in total. The monoisotopic (exact) mass is 555 g/mol. The van der Waals surface area contributed by atoms with Crippen molar-refractivity contribution < 1.29 is 19.1 Å². The van der Waals surface area contributed by atoms with Gasteiger partial charge < -0.3 is 24.3 Å². The molecule has 39 heavy (non-hydrogen) atoms. The van der Waals surface area contributed by atoms with Crippen molar-refractivity contribution in [1.82, 2.24) is 29.3 Å². The number of methoxy groups -OCH3 is 1. The molecular formula is C27H34ClN7O4. The lowest BCUT2D eigenvalue weighted by Crippen LogP contribution is -2.49. The van der Waals surface area contributed by atoms with Gasteiger partial charge in [0.05, 0.1) is 28.7 Å². The first kappa shape index (κ1) is 27.1. The van der Waals surface area contributed by atoms with Crippen molar-refractivity contribution in [1.29, 1.82) is 0 Å². The van der Waals surface area contributed by atoms with Gasteiger partial charge in [-0.25, -0.2) is 14.8 Å². The predicted octanol–water partition coefficient (Wildman–Crippen LogP) is 3.73. The Morgan fingerprint density at radius 2 is 1.90 bits per heavy atom. The minimum Gasteiger partial charge on any atom is -0.444 e. The number of carbonyl (C=O) groups excluding carboxylic acids is 2. The molecule has 3 aromatic heterocycles. The molecule has 1 fully saturated rings. The van der Waals surface area contributed by atoms with Gasteiger partial charge in [-0.3, -0.25) is 14.7 Å². The molecule has 12 heteroatoms. The number of fused-ring (bicyclic) bond motifs is 5. The number of rotatable bonds is 1. The molecule has 1 N–H and O–H groups in total. The van der Waals surface area contributed by atoms with Crippen LogP contribution in [0.3, 0.4) is 0 Å². The maximum Gasteiger partial charge on any atom is 0.411 e. The second-order valence-corrected chi connectivity index (χ2v) is 11.5. The highest BCUT2D eigenvalue weighted by Gasteiger charge is 2.43. The Bertz CT molecular complexity index is 1420. The molecule has 0 saturated carbocycles. The molecule has 2 amide bonds. The smallest absolute Gasteiger partial charge is 0.411 e. The molecule has 0 aliphatic carbocycles. The third kappa shape index (κ3) is 5.38. The maximum absolute atomic E-state index is 13.7. The maximum atomic E-state index is 13.7. The molecule has 0 radical (unpaired) electrons. The predicted molar refractivity (Wildman–Crippen MR) is 148 cm³/mol. The van der Waals surface area contributed by atoms with Gasteiger partial charge in [-0.1, -0.05) is 11.6 Å². The van der Waals surface area contributed by atoms with Crippen molar-refractivity contribution in [3.63, 3.8) is 0 Å². The first-order valence-electron chi connectivity index (χ1n) is 13.0. The van der Waals surface area contributed by atoms with Crippen molar-refractivity contribution in [2.75, 3.05) is 32.6 Å². The van der Waals surface area contributed by atoms with E-state index in [1.807, 2.05) is 17.6 Å². The van der Waals surface area contributed by atoms with Crippen LogP contribution in [0.15, 0.2) is 24.4 Å². The van der Waals surface area contributed by atoms with Crippen LogP contribution in [-0.2, 0) is 20.8 Å². The molecule has 2 aliphatic rings. The zero-order valence-electron chi connectivity index (χ0n) is 23.1. The number of nitrogens with zero attached hydrogens (tertiary/aromatic N) is 6. The largest absolute Gasteiger partial charge is 0.444 e. The highest BCUT2D eigenvalue weighted by Crippen LogP contribution is 2.33. The normalized spacial score (nSPS) is 21.9. The Morgan fingerprint density at radius 1 is 1.13 bits per heavy atom. The Hall–Kier alpha value is -3.44. The van der Waals surface area contributed by atoms with Crippen molar-refractivity contribution in [2.24, 2.45) is 0 Å². The lowest BCUT2D eigenvalue weighted by molar-refractivity contribution is -0.136. The number of aryl methyl sites for hydroxylation is 1. The SMILES string of the molecule is CO[C@H]1CN(C)C(=O)[C@@H]2C[C@@H](CN2C(=O)OC(C)(C)C)Nc2ccc(Cl)c(n2)-c2nccc3nc(C)n(c23)C1. The molecule has 5 heterocycles.